The molecular formula is C9H7FN2O2. The highest BCUT2D eigenvalue weighted by Gasteiger charge is 2.16. The van der Waals surface area contributed by atoms with Gasteiger partial charge >= 0.3 is 5.97 Å². The first-order valence-corrected chi connectivity index (χ1v) is 3.75. The van der Waals surface area contributed by atoms with Gasteiger partial charge in [0.25, 0.3) is 0 Å². The lowest BCUT2D eigenvalue weighted by atomic mass is 10.2. The van der Waals surface area contributed by atoms with Gasteiger partial charge in [0, 0.05) is 0 Å². The quantitative estimate of drug-likeness (QED) is 0.630. The Morgan fingerprint density at radius 2 is 2.36 bits per heavy atom. The normalized spacial score (nSPS) is 9.29. The molecule has 0 aromatic carbocycles. The van der Waals surface area contributed by atoms with Crippen molar-refractivity contribution in [2.45, 2.75) is 6.92 Å². The highest BCUT2D eigenvalue weighted by Crippen LogP contribution is 2.11. The van der Waals surface area contributed by atoms with E-state index in [0.717, 1.165) is 13.2 Å². The average Bonchev–Trinajstić information content (AvgIpc) is 2.19. The monoisotopic (exact) mass is 194 g/mol. The molecule has 0 N–H and O–H groups in total. The largest absolute Gasteiger partial charge is 0.464 e. The first-order valence-electron chi connectivity index (χ1n) is 3.75. The fraction of sp³-hybridized carbons (Fsp3) is 0.222. The molecule has 0 fully saturated rings. The summed E-state index contributed by atoms with van der Waals surface area (Å²) in [6.45, 7) is 1.52. The summed E-state index contributed by atoms with van der Waals surface area (Å²) in [5, 5.41) is 8.56. The van der Waals surface area contributed by atoms with Gasteiger partial charge < -0.3 is 4.74 Å². The Morgan fingerprint density at radius 3 is 2.86 bits per heavy atom. The maximum Gasteiger partial charge on any atom is 0.359 e. The lowest BCUT2D eigenvalue weighted by Crippen LogP contribution is -2.09. The highest BCUT2D eigenvalue weighted by atomic mass is 19.1. The number of halogens is 1. The Hall–Kier alpha value is -1.96. The lowest BCUT2D eigenvalue weighted by Gasteiger charge is -2.02. The van der Waals surface area contributed by atoms with Gasteiger partial charge in [0.2, 0.25) is 0 Å². The van der Waals surface area contributed by atoms with Gasteiger partial charge in [0.05, 0.1) is 18.4 Å². The fourth-order valence-corrected chi connectivity index (χ4v) is 0.934. The van der Waals surface area contributed by atoms with Crippen molar-refractivity contribution < 1.29 is 13.9 Å². The molecule has 14 heavy (non-hydrogen) atoms. The van der Waals surface area contributed by atoms with E-state index < -0.39 is 17.5 Å². The summed E-state index contributed by atoms with van der Waals surface area (Å²) in [6, 6.07) is 2.73. The number of aromatic nitrogens is 1. The second-order valence-electron chi connectivity index (χ2n) is 2.56. The van der Waals surface area contributed by atoms with Gasteiger partial charge in [-0.2, -0.15) is 5.26 Å². The summed E-state index contributed by atoms with van der Waals surface area (Å²) in [7, 11) is 1.14. The second kappa shape index (κ2) is 3.83. The summed E-state index contributed by atoms with van der Waals surface area (Å²) in [6.07, 6.45) is 0. The molecule has 0 amide bonds. The predicted octanol–water partition coefficient (Wildman–Crippen LogP) is 1.19. The molecule has 0 atom stereocenters. The minimum Gasteiger partial charge on any atom is -0.464 e. The number of esters is 1. The zero-order chi connectivity index (χ0) is 10.7. The van der Waals surface area contributed by atoms with E-state index >= 15 is 0 Å². The molecule has 0 aliphatic carbocycles. The van der Waals surface area contributed by atoms with Crippen molar-refractivity contribution in [1.82, 2.24) is 4.98 Å². The molecule has 1 heterocycles. The Kier molecular flexibility index (Phi) is 2.77. The minimum absolute atomic E-state index is 0.107. The summed E-state index contributed by atoms with van der Waals surface area (Å²) < 4.78 is 17.5. The van der Waals surface area contributed by atoms with Crippen LogP contribution in [0.5, 0.6) is 0 Å². The van der Waals surface area contributed by atoms with Crippen LogP contribution in [0.3, 0.4) is 0 Å². The van der Waals surface area contributed by atoms with E-state index in [1.807, 2.05) is 0 Å². The van der Waals surface area contributed by atoms with Crippen molar-refractivity contribution in [1.29, 1.82) is 5.26 Å². The number of pyridine rings is 1. The third kappa shape index (κ3) is 1.69. The van der Waals surface area contributed by atoms with Crippen molar-refractivity contribution >= 4 is 5.97 Å². The molecule has 0 saturated heterocycles. The molecular weight excluding hydrogens is 187 g/mol. The number of rotatable bonds is 1. The molecule has 0 radical (unpaired) electrons. The van der Waals surface area contributed by atoms with Gasteiger partial charge in [0.15, 0.2) is 11.5 Å². The minimum atomic E-state index is -0.852. The van der Waals surface area contributed by atoms with E-state index in [4.69, 9.17) is 5.26 Å². The molecule has 0 spiro atoms. The van der Waals surface area contributed by atoms with Crippen LogP contribution in [0.4, 0.5) is 4.39 Å². The maximum absolute atomic E-state index is 13.1. The molecule has 0 saturated carbocycles. The van der Waals surface area contributed by atoms with Gasteiger partial charge in [-0.1, -0.05) is 0 Å². The molecule has 0 aliphatic heterocycles. The van der Waals surface area contributed by atoms with Crippen LogP contribution < -0.4 is 0 Å². The first-order chi connectivity index (χ1) is 6.60. The molecule has 0 aliphatic rings. The Bertz CT molecular complexity index is 424. The maximum atomic E-state index is 13.1. The van der Waals surface area contributed by atoms with Gasteiger partial charge in [-0.05, 0) is 13.0 Å². The van der Waals surface area contributed by atoms with Crippen molar-refractivity contribution in [2.75, 3.05) is 7.11 Å². The van der Waals surface area contributed by atoms with Crippen LogP contribution in [-0.4, -0.2) is 18.1 Å². The molecule has 0 unspecified atom stereocenters. The van der Waals surface area contributed by atoms with Crippen LogP contribution in [-0.2, 0) is 4.74 Å². The number of hydrogen-bond acceptors (Lipinski definition) is 4. The van der Waals surface area contributed by atoms with E-state index in [-0.39, 0.29) is 5.56 Å². The van der Waals surface area contributed by atoms with E-state index in [1.165, 1.54) is 6.92 Å². The van der Waals surface area contributed by atoms with Crippen molar-refractivity contribution in [2.24, 2.45) is 0 Å². The summed E-state index contributed by atoms with van der Waals surface area (Å²) in [5.74, 6) is -1.70. The third-order valence-electron chi connectivity index (χ3n) is 1.67. The molecule has 1 rings (SSSR count). The van der Waals surface area contributed by atoms with Gasteiger partial charge in [-0.3, -0.25) is 0 Å². The van der Waals surface area contributed by atoms with Crippen LogP contribution >= 0.6 is 0 Å². The first kappa shape index (κ1) is 10.1. The predicted molar refractivity (Wildman–Crippen MR) is 45.0 cm³/mol. The van der Waals surface area contributed by atoms with Crippen molar-refractivity contribution in [3.8, 4) is 6.07 Å². The van der Waals surface area contributed by atoms with Gasteiger partial charge in [-0.15, -0.1) is 0 Å². The van der Waals surface area contributed by atoms with Crippen LogP contribution in [0.1, 0.15) is 21.7 Å². The Labute approximate surface area is 79.9 Å². The molecule has 1 aromatic rings. The number of methoxy groups -OCH3 is 1. The smallest absolute Gasteiger partial charge is 0.359 e. The SMILES string of the molecule is COC(=O)c1nc(C)c(C#N)cc1F. The molecule has 4 nitrogen and oxygen atoms in total. The number of ether oxygens (including phenoxy) is 1. The standard InChI is InChI=1S/C9H7FN2O2/c1-5-6(4-11)3-7(10)8(12-5)9(13)14-2/h3H,1-2H3. The lowest BCUT2D eigenvalue weighted by molar-refractivity contribution is 0.0588. The molecule has 72 valence electrons. The molecule has 0 bridgehead atoms. The Balaban J connectivity index is 3.30. The summed E-state index contributed by atoms with van der Waals surface area (Å²) >= 11 is 0. The van der Waals surface area contributed by atoms with Gasteiger partial charge in [0.1, 0.15) is 6.07 Å². The molecule has 5 heteroatoms. The number of nitrogens with zero attached hydrogens (tertiary/aromatic N) is 2. The Morgan fingerprint density at radius 1 is 1.71 bits per heavy atom. The number of hydrogen-bond donors (Lipinski definition) is 0. The van der Waals surface area contributed by atoms with Crippen LogP contribution in [0.15, 0.2) is 6.07 Å². The number of aryl methyl sites for hydroxylation is 1. The van der Waals surface area contributed by atoms with Gasteiger partial charge in [-0.25, -0.2) is 14.2 Å². The summed E-state index contributed by atoms with van der Waals surface area (Å²) in [4.78, 5) is 14.6. The topological polar surface area (TPSA) is 63.0 Å². The number of carbonyl (C=O) groups is 1. The van der Waals surface area contributed by atoms with Crippen molar-refractivity contribution in [3.63, 3.8) is 0 Å². The zero-order valence-corrected chi connectivity index (χ0v) is 7.67. The average molecular weight is 194 g/mol. The zero-order valence-electron chi connectivity index (χ0n) is 7.67. The van der Waals surface area contributed by atoms with E-state index in [9.17, 15) is 9.18 Å². The highest BCUT2D eigenvalue weighted by molar-refractivity contribution is 5.87. The van der Waals surface area contributed by atoms with E-state index in [2.05, 4.69) is 9.72 Å². The number of carbonyl (C=O) groups excluding carboxylic acids is 1. The fourth-order valence-electron chi connectivity index (χ4n) is 0.934. The van der Waals surface area contributed by atoms with Crippen LogP contribution in [0, 0.1) is 24.1 Å². The molecule has 1 aromatic heterocycles. The van der Waals surface area contributed by atoms with E-state index in [1.54, 1.807) is 6.07 Å². The van der Waals surface area contributed by atoms with E-state index in [0.29, 0.717) is 5.69 Å². The number of nitriles is 1. The third-order valence-corrected chi connectivity index (χ3v) is 1.67. The van der Waals surface area contributed by atoms with Crippen molar-refractivity contribution in [3.05, 3.63) is 28.8 Å². The second-order valence-corrected chi connectivity index (χ2v) is 2.56. The summed E-state index contributed by atoms with van der Waals surface area (Å²) in [5.41, 5.74) is 0.00783. The van der Waals surface area contributed by atoms with Crippen LogP contribution in [0.25, 0.3) is 0 Å². The van der Waals surface area contributed by atoms with Crippen LogP contribution in [0.2, 0.25) is 0 Å².